The zero-order valence-electron chi connectivity index (χ0n) is 6.62. The van der Waals surface area contributed by atoms with Gasteiger partial charge in [0.1, 0.15) is 0 Å². The molecule has 68 valence electrons. The summed E-state index contributed by atoms with van der Waals surface area (Å²) in [5.41, 5.74) is 0. The van der Waals surface area contributed by atoms with Crippen molar-refractivity contribution in [2.45, 2.75) is 19.8 Å². The molecule has 0 aliphatic rings. The van der Waals surface area contributed by atoms with Crippen molar-refractivity contribution in [2.24, 2.45) is 0 Å². The second-order valence-electron chi connectivity index (χ2n) is 2.16. The molecule has 4 nitrogen and oxygen atoms in total. The highest BCUT2D eigenvalue weighted by Crippen LogP contribution is 1.95. The zero-order valence-corrected chi connectivity index (χ0v) is 7.43. The van der Waals surface area contributed by atoms with Gasteiger partial charge in [-0.05, 0) is 6.42 Å². The molecule has 0 bridgehead atoms. The van der Waals surface area contributed by atoms with E-state index >= 15 is 0 Å². The first-order valence-electron chi connectivity index (χ1n) is 3.60. The molecule has 11 heavy (non-hydrogen) atoms. The van der Waals surface area contributed by atoms with Gasteiger partial charge in [-0.3, -0.25) is 4.18 Å². The minimum Gasteiger partial charge on any atom is -0.395 e. The van der Waals surface area contributed by atoms with E-state index in [2.05, 4.69) is 4.18 Å². The second kappa shape index (κ2) is 5.51. The normalized spacial score (nSPS) is 11.8. The van der Waals surface area contributed by atoms with Gasteiger partial charge in [0.05, 0.1) is 19.0 Å². The number of rotatable bonds is 6. The van der Waals surface area contributed by atoms with E-state index in [1.807, 2.05) is 6.92 Å². The topological polar surface area (TPSA) is 63.6 Å². The lowest BCUT2D eigenvalue weighted by atomic mass is 10.4. The van der Waals surface area contributed by atoms with Crippen LogP contribution in [-0.4, -0.2) is 32.5 Å². The van der Waals surface area contributed by atoms with Crippen molar-refractivity contribution in [1.29, 1.82) is 0 Å². The van der Waals surface area contributed by atoms with E-state index < -0.39 is 10.1 Å². The van der Waals surface area contributed by atoms with Crippen LogP contribution in [-0.2, 0) is 14.3 Å². The molecule has 0 heterocycles. The van der Waals surface area contributed by atoms with Gasteiger partial charge in [-0.2, -0.15) is 8.42 Å². The van der Waals surface area contributed by atoms with Gasteiger partial charge in [0, 0.05) is 0 Å². The summed E-state index contributed by atoms with van der Waals surface area (Å²) >= 11 is 0. The third-order valence-electron chi connectivity index (χ3n) is 1.10. The van der Waals surface area contributed by atoms with Crippen molar-refractivity contribution in [3.63, 3.8) is 0 Å². The highest BCUT2D eigenvalue weighted by Gasteiger charge is 2.08. The predicted octanol–water partition coefficient (Wildman–Crippen LogP) is 0.125. The number of hydrogen-bond acceptors (Lipinski definition) is 4. The quantitative estimate of drug-likeness (QED) is 0.468. The molecule has 0 aromatic carbocycles. The molecule has 0 atom stereocenters. The molecule has 0 fully saturated rings. The van der Waals surface area contributed by atoms with Gasteiger partial charge < -0.3 is 5.11 Å². The Labute approximate surface area is 67.3 Å². The van der Waals surface area contributed by atoms with Gasteiger partial charge in [0.25, 0.3) is 10.1 Å². The van der Waals surface area contributed by atoms with Crippen LogP contribution in [0, 0.1) is 0 Å². The first-order chi connectivity index (χ1) is 5.12. The van der Waals surface area contributed by atoms with E-state index in [9.17, 15) is 8.42 Å². The van der Waals surface area contributed by atoms with Crippen LogP contribution in [0.4, 0.5) is 0 Å². The number of hydrogen-bond donors (Lipinski definition) is 1. The third kappa shape index (κ3) is 6.28. The molecule has 0 aromatic heterocycles. The fourth-order valence-electron chi connectivity index (χ4n) is 0.501. The minimum absolute atomic E-state index is 0.221. The molecular weight excluding hydrogens is 168 g/mol. The SMILES string of the molecule is CCCCOS(=O)(=O)CCO. The first-order valence-corrected chi connectivity index (χ1v) is 5.18. The standard InChI is InChI=1S/C6H14O4S/c1-2-3-5-10-11(8,9)6-4-7/h7H,2-6H2,1H3. The molecule has 0 aliphatic heterocycles. The molecule has 0 saturated carbocycles. The van der Waals surface area contributed by atoms with E-state index in [1.54, 1.807) is 0 Å². The summed E-state index contributed by atoms with van der Waals surface area (Å²) in [6.07, 6.45) is 1.62. The Balaban J connectivity index is 3.56. The zero-order chi connectivity index (χ0) is 8.74. The number of aliphatic hydroxyl groups is 1. The molecule has 0 amide bonds. The highest BCUT2D eigenvalue weighted by molar-refractivity contribution is 7.86. The molecule has 0 aromatic rings. The average molecular weight is 182 g/mol. The molecular formula is C6H14O4S. The van der Waals surface area contributed by atoms with Crippen molar-refractivity contribution >= 4 is 10.1 Å². The van der Waals surface area contributed by atoms with Crippen LogP contribution in [0.15, 0.2) is 0 Å². The van der Waals surface area contributed by atoms with Crippen LogP contribution in [0.3, 0.4) is 0 Å². The summed E-state index contributed by atoms with van der Waals surface area (Å²) < 4.78 is 26.0. The van der Waals surface area contributed by atoms with E-state index in [1.165, 1.54) is 0 Å². The molecule has 0 spiro atoms. The largest absolute Gasteiger partial charge is 0.395 e. The molecule has 5 heteroatoms. The average Bonchev–Trinajstić information content (AvgIpc) is 1.87. The third-order valence-corrected chi connectivity index (χ3v) is 2.31. The molecule has 0 radical (unpaired) electrons. The monoisotopic (exact) mass is 182 g/mol. The van der Waals surface area contributed by atoms with Crippen LogP contribution in [0.5, 0.6) is 0 Å². The summed E-state index contributed by atoms with van der Waals surface area (Å²) in [6.45, 7) is 1.79. The van der Waals surface area contributed by atoms with E-state index in [0.717, 1.165) is 12.8 Å². The van der Waals surface area contributed by atoms with Crippen molar-refractivity contribution < 1.29 is 17.7 Å². The Bertz CT molecular complexity index is 173. The molecule has 1 N–H and O–H groups in total. The maximum atomic E-state index is 10.7. The fraction of sp³-hybridized carbons (Fsp3) is 1.00. The maximum absolute atomic E-state index is 10.7. The number of aliphatic hydroxyl groups excluding tert-OH is 1. The maximum Gasteiger partial charge on any atom is 0.269 e. The number of unbranched alkanes of at least 4 members (excludes halogenated alkanes) is 1. The van der Waals surface area contributed by atoms with E-state index in [0.29, 0.717) is 0 Å². The Kier molecular flexibility index (Phi) is 5.45. The first kappa shape index (κ1) is 10.9. The summed E-state index contributed by atoms with van der Waals surface area (Å²) in [5, 5.41) is 8.30. The van der Waals surface area contributed by atoms with Gasteiger partial charge in [-0.25, -0.2) is 0 Å². The molecule has 0 unspecified atom stereocenters. The van der Waals surface area contributed by atoms with Gasteiger partial charge in [-0.15, -0.1) is 0 Å². The molecule has 0 rings (SSSR count). The Hall–Kier alpha value is -0.130. The minimum atomic E-state index is -3.45. The summed E-state index contributed by atoms with van der Waals surface area (Å²) in [6, 6.07) is 0. The van der Waals surface area contributed by atoms with Crippen LogP contribution in [0.25, 0.3) is 0 Å². The highest BCUT2D eigenvalue weighted by atomic mass is 32.2. The van der Waals surface area contributed by atoms with Crippen LogP contribution in [0.1, 0.15) is 19.8 Å². The summed E-state index contributed by atoms with van der Waals surface area (Å²) in [5.74, 6) is -0.309. The molecule has 0 saturated heterocycles. The van der Waals surface area contributed by atoms with Gasteiger partial charge in [0.15, 0.2) is 0 Å². The van der Waals surface area contributed by atoms with Crippen molar-refractivity contribution in [1.82, 2.24) is 0 Å². The lowest BCUT2D eigenvalue weighted by molar-refractivity contribution is 0.288. The smallest absolute Gasteiger partial charge is 0.269 e. The lowest BCUT2D eigenvalue weighted by Gasteiger charge is -2.01. The van der Waals surface area contributed by atoms with Crippen molar-refractivity contribution in [3.05, 3.63) is 0 Å². The molecule has 0 aliphatic carbocycles. The van der Waals surface area contributed by atoms with E-state index in [-0.39, 0.29) is 19.0 Å². The summed E-state index contributed by atoms with van der Waals surface area (Å²) in [7, 11) is -3.45. The van der Waals surface area contributed by atoms with Crippen LogP contribution < -0.4 is 0 Å². The van der Waals surface area contributed by atoms with Crippen molar-refractivity contribution in [3.8, 4) is 0 Å². The van der Waals surface area contributed by atoms with E-state index in [4.69, 9.17) is 5.11 Å². The summed E-state index contributed by atoms with van der Waals surface area (Å²) in [4.78, 5) is 0. The van der Waals surface area contributed by atoms with Gasteiger partial charge in [-0.1, -0.05) is 13.3 Å². The Morgan fingerprint density at radius 1 is 1.45 bits per heavy atom. The fourth-order valence-corrected chi connectivity index (χ4v) is 1.21. The predicted molar refractivity (Wildman–Crippen MR) is 41.7 cm³/mol. The van der Waals surface area contributed by atoms with Gasteiger partial charge >= 0.3 is 0 Å². The van der Waals surface area contributed by atoms with Crippen LogP contribution >= 0.6 is 0 Å². The second-order valence-corrected chi connectivity index (χ2v) is 3.92. The lowest BCUT2D eigenvalue weighted by Crippen LogP contribution is -2.13. The Morgan fingerprint density at radius 3 is 2.55 bits per heavy atom. The van der Waals surface area contributed by atoms with Crippen LogP contribution in [0.2, 0.25) is 0 Å². The van der Waals surface area contributed by atoms with Gasteiger partial charge in [0.2, 0.25) is 0 Å². The van der Waals surface area contributed by atoms with Crippen molar-refractivity contribution in [2.75, 3.05) is 19.0 Å². The Morgan fingerprint density at radius 2 is 2.09 bits per heavy atom.